The second-order valence-corrected chi connectivity index (χ2v) is 7.82. The highest BCUT2D eigenvalue weighted by Gasteiger charge is 2.23. The molecule has 0 atom stereocenters. The Balaban J connectivity index is 2.54. The lowest BCUT2D eigenvalue weighted by Gasteiger charge is -2.27. The second kappa shape index (κ2) is 7.88. The Morgan fingerprint density at radius 3 is 2.54 bits per heavy atom. The van der Waals surface area contributed by atoms with Crippen molar-refractivity contribution >= 4 is 6.08 Å². The first-order valence-corrected chi connectivity index (χ1v) is 9.24. The molecule has 130 valence electrons. The van der Waals surface area contributed by atoms with Crippen molar-refractivity contribution in [2.24, 2.45) is 0 Å². The Morgan fingerprint density at radius 2 is 2.00 bits per heavy atom. The zero-order chi connectivity index (χ0) is 17.7. The zero-order valence-electron chi connectivity index (χ0n) is 15.8. The van der Waals surface area contributed by atoms with Gasteiger partial charge in [0, 0.05) is 12.0 Å². The van der Waals surface area contributed by atoms with E-state index in [1.165, 1.54) is 16.7 Å². The molecule has 1 nitrogen and oxygen atoms in total. The maximum atomic E-state index is 10.9. The van der Waals surface area contributed by atoms with Gasteiger partial charge in [-0.05, 0) is 53.4 Å². The van der Waals surface area contributed by atoms with Crippen molar-refractivity contribution in [1.82, 2.24) is 0 Å². The summed E-state index contributed by atoms with van der Waals surface area (Å²) in [6.07, 6.45) is 14.8. The van der Waals surface area contributed by atoms with Crippen LogP contribution in [0.5, 0.6) is 5.75 Å². The highest BCUT2D eigenvalue weighted by atomic mass is 16.3. The van der Waals surface area contributed by atoms with Gasteiger partial charge >= 0.3 is 0 Å². The topological polar surface area (TPSA) is 20.2 Å². The van der Waals surface area contributed by atoms with Crippen molar-refractivity contribution in [3.63, 3.8) is 0 Å². The Kier molecular flexibility index (Phi) is 6.10. The van der Waals surface area contributed by atoms with Gasteiger partial charge in [0.2, 0.25) is 0 Å². The fourth-order valence-electron chi connectivity index (χ4n) is 3.46. The standard InChI is InChI=1S/C23H32O/c1-6-8-14-20-19(7-2)22(24)18(16-21(20)23(3,4)5)15-17-12-10-9-11-13-17/h7,10,12-13,16,24H,2,6,8-9,11,14-15H2,1,3-5H3. The molecule has 0 spiro atoms. The SMILES string of the molecule is C=Cc1c(O)c(CC2=CCCC=C2)cc(C(C)(C)C)c1CCCC. The highest BCUT2D eigenvalue weighted by Crippen LogP contribution is 2.38. The van der Waals surface area contributed by atoms with Gasteiger partial charge in [-0.2, -0.15) is 0 Å². The van der Waals surface area contributed by atoms with Crippen molar-refractivity contribution in [1.29, 1.82) is 0 Å². The fourth-order valence-corrected chi connectivity index (χ4v) is 3.46. The molecule has 1 aliphatic carbocycles. The van der Waals surface area contributed by atoms with Gasteiger partial charge in [0.05, 0.1) is 0 Å². The maximum Gasteiger partial charge on any atom is 0.126 e. The summed E-state index contributed by atoms with van der Waals surface area (Å²) in [5.74, 6) is 0.420. The van der Waals surface area contributed by atoms with Crippen LogP contribution in [0.4, 0.5) is 0 Å². The third-order valence-electron chi connectivity index (χ3n) is 4.79. The second-order valence-electron chi connectivity index (χ2n) is 7.82. The molecule has 1 aromatic carbocycles. The van der Waals surface area contributed by atoms with Crippen LogP contribution in [0.25, 0.3) is 6.08 Å². The van der Waals surface area contributed by atoms with Gasteiger partial charge in [-0.1, -0.05) is 71.1 Å². The van der Waals surface area contributed by atoms with Crippen molar-refractivity contribution in [2.45, 2.75) is 71.6 Å². The Bertz CT molecular complexity index is 654. The number of hydrogen-bond donors (Lipinski definition) is 1. The van der Waals surface area contributed by atoms with E-state index < -0.39 is 0 Å². The lowest BCUT2D eigenvalue weighted by atomic mass is 9.78. The number of aromatic hydroxyl groups is 1. The van der Waals surface area contributed by atoms with Crippen LogP contribution >= 0.6 is 0 Å². The van der Waals surface area contributed by atoms with E-state index in [9.17, 15) is 5.11 Å². The summed E-state index contributed by atoms with van der Waals surface area (Å²) >= 11 is 0. The van der Waals surface area contributed by atoms with Gasteiger partial charge in [0.25, 0.3) is 0 Å². The third-order valence-corrected chi connectivity index (χ3v) is 4.79. The molecule has 0 unspecified atom stereocenters. The van der Waals surface area contributed by atoms with Crippen LogP contribution < -0.4 is 0 Å². The minimum atomic E-state index is 0.0556. The molecule has 1 heteroatoms. The van der Waals surface area contributed by atoms with Crippen LogP contribution in [-0.4, -0.2) is 5.11 Å². The summed E-state index contributed by atoms with van der Waals surface area (Å²) < 4.78 is 0. The van der Waals surface area contributed by atoms with Gasteiger partial charge in [-0.25, -0.2) is 0 Å². The Hall–Kier alpha value is -1.76. The minimum absolute atomic E-state index is 0.0556. The summed E-state index contributed by atoms with van der Waals surface area (Å²) in [7, 11) is 0. The first-order valence-electron chi connectivity index (χ1n) is 9.24. The molecule has 0 radical (unpaired) electrons. The molecular formula is C23H32O. The van der Waals surface area contributed by atoms with E-state index in [0.717, 1.165) is 49.7 Å². The molecular weight excluding hydrogens is 292 g/mol. The number of rotatable bonds is 6. The molecule has 0 aromatic heterocycles. The predicted molar refractivity (Wildman–Crippen MR) is 106 cm³/mol. The van der Waals surface area contributed by atoms with Crippen LogP contribution in [0.1, 0.15) is 75.6 Å². The number of benzene rings is 1. The molecule has 1 aromatic rings. The predicted octanol–water partition coefficient (Wildman–Crippen LogP) is 6.49. The van der Waals surface area contributed by atoms with E-state index in [2.05, 4.69) is 58.6 Å². The monoisotopic (exact) mass is 324 g/mol. The van der Waals surface area contributed by atoms with Gasteiger partial charge in [-0.15, -0.1) is 0 Å². The van der Waals surface area contributed by atoms with Crippen LogP contribution in [0.2, 0.25) is 0 Å². The lowest BCUT2D eigenvalue weighted by molar-refractivity contribution is 0.465. The molecule has 0 fully saturated rings. The lowest BCUT2D eigenvalue weighted by Crippen LogP contribution is -2.16. The molecule has 0 saturated heterocycles. The number of allylic oxidation sites excluding steroid dienone is 4. The fraction of sp³-hybridized carbons (Fsp3) is 0.478. The minimum Gasteiger partial charge on any atom is -0.507 e. The normalized spacial score (nSPS) is 14.6. The number of phenolic OH excluding ortho intramolecular Hbond substituents is 1. The Morgan fingerprint density at radius 1 is 1.25 bits per heavy atom. The molecule has 0 aliphatic heterocycles. The molecule has 1 N–H and O–H groups in total. The number of unbranched alkanes of at least 4 members (excludes halogenated alkanes) is 1. The first-order chi connectivity index (χ1) is 11.4. The smallest absolute Gasteiger partial charge is 0.126 e. The van der Waals surface area contributed by atoms with Crippen LogP contribution in [0, 0.1) is 0 Å². The molecule has 24 heavy (non-hydrogen) atoms. The van der Waals surface area contributed by atoms with E-state index in [0.29, 0.717) is 5.75 Å². The first kappa shape index (κ1) is 18.6. The van der Waals surface area contributed by atoms with Gasteiger partial charge in [0.1, 0.15) is 5.75 Å². The molecule has 0 heterocycles. The molecule has 0 amide bonds. The Labute approximate surface area is 147 Å². The summed E-state index contributed by atoms with van der Waals surface area (Å²) in [6.45, 7) is 13.0. The summed E-state index contributed by atoms with van der Waals surface area (Å²) in [5.41, 5.74) is 5.93. The van der Waals surface area contributed by atoms with Crippen LogP contribution in [-0.2, 0) is 18.3 Å². The average Bonchev–Trinajstić information content (AvgIpc) is 2.54. The van der Waals surface area contributed by atoms with E-state index in [1.807, 2.05) is 6.08 Å². The van der Waals surface area contributed by atoms with Crippen molar-refractivity contribution < 1.29 is 5.11 Å². The van der Waals surface area contributed by atoms with Crippen molar-refractivity contribution in [2.75, 3.05) is 0 Å². The van der Waals surface area contributed by atoms with Gasteiger partial charge in [-0.3, -0.25) is 0 Å². The number of hydrogen-bond acceptors (Lipinski definition) is 1. The quantitative estimate of drug-likeness (QED) is 0.633. The average molecular weight is 325 g/mol. The van der Waals surface area contributed by atoms with E-state index in [-0.39, 0.29) is 5.41 Å². The molecule has 0 saturated carbocycles. The highest BCUT2D eigenvalue weighted by molar-refractivity contribution is 5.66. The van der Waals surface area contributed by atoms with Crippen molar-refractivity contribution in [3.05, 3.63) is 58.7 Å². The van der Waals surface area contributed by atoms with E-state index in [4.69, 9.17) is 0 Å². The van der Waals surface area contributed by atoms with Crippen LogP contribution in [0.3, 0.4) is 0 Å². The number of phenols is 1. The molecule has 2 rings (SSSR count). The van der Waals surface area contributed by atoms with E-state index in [1.54, 1.807) is 0 Å². The maximum absolute atomic E-state index is 10.9. The van der Waals surface area contributed by atoms with E-state index >= 15 is 0 Å². The van der Waals surface area contributed by atoms with Crippen LogP contribution in [0.15, 0.2) is 36.4 Å². The molecule has 0 bridgehead atoms. The van der Waals surface area contributed by atoms with Gasteiger partial charge < -0.3 is 5.11 Å². The third kappa shape index (κ3) is 4.20. The zero-order valence-corrected chi connectivity index (χ0v) is 15.8. The summed E-state index contributed by atoms with van der Waals surface area (Å²) in [6, 6.07) is 2.23. The molecule has 1 aliphatic rings. The summed E-state index contributed by atoms with van der Waals surface area (Å²) in [4.78, 5) is 0. The van der Waals surface area contributed by atoms with Gasteiger partial charge in [0.15, 0.2) is 0 Å². The summed E-state index contributed by atoms with van der Waals surface area (Å²) in [5, 5.41) is 10.9. The largest absolute Gasteiger partial charge is 0.507 e. The van der Waals surface area contributed by atoms with Crippen molar-refractivity contribution in [3.8, 4) is 5.75 Å².